The Bertz CT molecular complexity index is 1180. The summed E-state index contributed by atoms with van der Waals surface area (Å²) in [4.78, 5) is 9.54. The van der Waals surface area contributed by atoms with Crippen molar-refractivity contribution in [3.05, 3.63) is 88.4 Å². The fraction of sp³-hybridized carbons (Fsp3) is 0.0909. The van der Waals surface area contributed by atoms with Crippen molar-refractivity contribution in [2.45, 2.75) is 12.5 Å². The molecule has 0 saturated heterocycles. The van der Waals surface area contributed by atoms with Crippen molar-refractivity contribution in [2.24, 2.45) is 4.99 Å². The van der Waals surface area contributed by atoms with E-state index in [-0.39, 0.29) is 11.8 Å². The highest BCUT2D eigenvalue weighted by Crippen LogP contribution is 2.38. The lowest BCUT2D eigenvalue weighted by molar-refractivity contribution is 0.473. The lowest BCUT2D eigenvalue weighted by atomic mass is 9.95. The van der Waals surface area contributed by atoms with Crippen LogP contribution >= 0.6 is 15.9 Å². The number of rotatable bonds is 2. The maximum atomic E-state index is 10.3. The molecule has 132 valence electrons. The number of aromatic hydroxyl groups is 1. The Morgan fingerprint density at radius 1 is 0.926 bits per heavy atom. The number of halogens is 1. The van der Waals surface area contributed by atoms with Crippen molar-refractivity contribution >= 4 is 38.6 Å². The van der Waals surface area contributed by atoms with Gasteiger partial charge in [-0.05, 0) is 42.0 Å². The Morgan fingerprint density at radius 2 is 1.67 bits per heavy atom. The number of fused-ring (bicyclic) bond motifs is 3. The topological polar surface area (TPSA) is 50.4 Å². The summed E-state index contributed by atoms with van der Waals surface area (Å²) in [6, 6.07) is 23.9. The number of nitrogens with zero attached hydrogens (tertiary/aromatic N) is 3. The minimum Gasteiger partial charge on any atom is -0.507 e. The van der Waals surface area contributed by atoms with Gasteiger partial charge in [-0.1, -0.05) is 52.3 Å². The Balaban J connectivity index is 1.74. The first kappa shape index (κ1) is 16.3. The number of benzene rings is 3. The molecule has 5 heteroatoms. The second-order valence-corrected chi connectivity index (χ2v) is 7.53. The molecule has 0 radical (unpaired) electrons. The molecule has 1 aliphatic rings. The van der Waals surface area contributed by atoms with E-state index in [1.54, 1.807) is 6.07 Å². The molecule has 0 bridgehead atoms. The van der Waals surface area contributed by atoms with E-state index in [9.17, 15) is 5.11 Å². The van der Waals surface area contributed by atoms with Gasteiger partial charge < -0.3 is 9.67 Å². The van der Waals surface area contributed by atoms with Crippen LogP contribution in [0.25, 0.3) is 11.0 Å². The standard InChI is InChI=1S/C22H16BrN3O/c23-15-11-9-14(10-12-15)20-13-18(16-5-1-4-8-21(16)27)25-22-24-17-6-2-3-7-19(17)26(20)22/h1-12,20,27H,13H2/t20-/m0/s1. The molecule has 0 spiro atoms. The molecule has 0 aliphatic carbocycles. The van der Waals surface area contributed by atoms with E-state index >= 15 is 0 Å². The quantitative estimate of drug-likeness (QED) is 0.460. The van der Waals surface area contributed by atoms with Gasteiger partial charge in [-0.25, -0.2) is 9.98 Å². The van der Waals surface area contributed by atoms with Crippen LogP contribution in [0.15, 0.2) is 82.3 Å². The van der Waals surface area contributed by atoms with E-state index in [2.05, 4.69) is 50.8 Å². The number of hydrogen-bond donors (Lipinski definition) is 1. The van der Waals surface area contributed by atoms with E-state index < -0.39 is 0 Å². The lowest BCUT2D eigenvalue weighted by Crippen LogP contribution is -2.20. The van der Waals surface area contributed by atoms with Crippen LogP contribution in [0.2, 0.25) is 0 Å². The molecule has 4 nitrogen and oxygen atoms in total. The van der Waals surface area contributed by atoms with Crippen LogP contribution < -0.4 is 0 Å². The number of phenols is 1. The van der Waals surface area contributed by atoms with Crippen LogP contribution in [0.5, 0.6) is 5.75 Å². The van der Waals surface area contributed by atoms with Gasteiger partial charge in [0.25, 0.3) is 0 Å². The Morgan fingerprint density at radius 3 is 2.48 bits per heavy atom. The minimum absolute atomic E-state index is 0.0626. The van der Waals surface area contributed by atoms with Crippen LogP contribution in [0, 0.1) is 0 Å². The highest BCUT2D eigenvalue weighted by molar-refractivity contribution is 9.10. The molecule has 4 aromatic rings. The molecule has 5 rings (SSSR count). The van der Waals surface area contributed by atoms with Crippen LogP contribution in [0.4, 0.5) is 5.95 Å². The molecule has 1 atom stereocenters. The van der Waals surface area contributed by atoms with Crippen molar-refractivity contribution in [2.75, 3.05) is 0 Å². The summed E-state index contributed by atoms with van der Waals surface area (Å²) in [5, 5.41) is 10.3. The molecule has 0 amide bonds. The highest BCUT2D eigenvalue weighted by Gasteiger charge is 2.28. The normalized spacial score (nSPS) is 16.2. The molecule has 2 heterocycles. The predicted octanol–water partition coefficient (Wildman–Crippen LogP) is 5.62. The van der Waals surface area contributed by atoms with Gasteiger partial charge in [0, 0.05) is 16.5 Å². The van der Waals surface area contributed by atoms with E-state index in [1.807, 2.05) is 36.4 Å². The monoisotopic (exact) mass is 417 g/mol. The number of imidazole rings is 1. The SMILES string of the molecule is Oc1ccccc1C1=Nc2nc3ccccc3n2[C@H](c2ccc(Br)cc2)C1. The van der Waals surface area contributed by atoms with Gasteiger partial charge in [0.1, 0.15) is 5.75 Å². The van der Waals surface area contributed by atoms with Gasteiger partial charge >= 0.3 is 0 Å². The average molecular weight is 418 g/mol. The van der Waals surface area contributed by atoms with Crippen molar-refractivity contribution in [3.63, 3.8) is 0 Å². The summed E-state index contributed by atoms with van der Waals surface area (Å²) in [7, 11) is 0. The zero-order valence-electron chi connectivity index (χ0n) is 14.4. The first-order valence-electron chi connectivity index (χ1n) is 8.79. The number of hydrogen-bond acceptors (Lipinski definition) is 3. The first-order chi connectivity index (χ1) is 13.2. The number of phenolic OH excluding ortho intramolecular Hbond substituents is 1. The molecule has 0 fully saturated rings. The van der Waals surface area contributed by atoms with Crippen molar-refractivity contribution in [1.82, 2.24) is 9.55 Å². The molecule has 1 N–H and O–H groups in total. The van der Waals surface area contributed by atoms with Crippen LogP contribution in [0.3, 0.4) is 0 Å². The van der Waals surface area contributed by atoms with Gasteiger partial charge in [-0.15, -0.1) is 0 Å². The Kier molecular flexibility index (Phi) is 3.83. The zero-order valence-corrected chi connectivity index (χ0v) is 16.0. The van der Waals surface area contributed by atoms with Gasteiger partial charge in [-0.2, -0.15) is 0 Å². The molecule has 1 aliphatic heterocycles. The summed E-state index contributed by atoms with van der Waals surface area (Å²) < 4.78 is 3.24. The Labute approximate surface area is 165 Å². The van der Waals surface area contributed by atoms with Crippen LogP contribution in [-0.4, -0.2) is 20.4 Å². The zero-order chi connectivity index (χ0) is 18.4. The lowest BCUT2D eigenvalue weighted by Gasteiger charge is -2.26. The van der Waals surface area contributed by atoms with Gasteiger partial charge in [-0.3, -0.25) is 0 Å². The van der Waals surface area contributed by atoms with E-state index in [0.717, 1.165) is 26.8 Å². The number of aliphatic imine (C=N–C) groups is 1. The van der Waals surface area contributed by atoms with E-state index in [0.29, 0.717) is 12.4 Å². The van der Waals surface area contributed by atoms with Crippen molar-refractivity contribution in [1.29, 1.82) is 0 Å². The largest absolute Gasteiger partial charge is 0.507 e. The fourth-order valence-electron chi connectivity index (χ4n) is 3.70. The molecule has 3 aromatic carbocycles. The highest BCUT2D eigenvalue weighted by atomic mass is 79.9. The van der Waals surface area contributed by atoms with Crippen molar-refractivity contribution < 1.29 is 5.11 Å². The molecular weight excluding hydrogens is 402 g/mol. The third-order valence-electron chi connectivity index (χ3n) is 4.98. The summed E-state index contributed by atoms with van der Waals surface area (Å²) in [5.74, 6) is 0.920. The van der Waals surface area contributed by atoms with Gasteiger partial charge in [0.05, 0.1) is 22.8 Å². The smallest absolute Gasteiger partial charge is 0.231 e. The molecule has 0 saturated carbocycles. The number of aromatic nitrogens is 2. The van der Waals surface area contributed by atoms with E-state index in [4.69, 9.17) is 9.98 Å². The second kappa shape index (κ2) is 6.35. The van der Waals surface area contributed by atoms with Gasteiger partial charge in [0.2, 0.25) is 5.95 Å². The fourth-order valence-corrected chi connectivity index (χ4v) is 3.96. The van der Waals surface area contributed by atoms with Gasteiger partial charge in [0.15, 0.2) is 0 Å². The minimum atomic E-state index is 0.0626. The Hall–Kier alpha value is -2.92. The van der Waals surface area contributed by atoms with E-state index in [1.165, 1.54) is 5.56 Å². The maximum Gasteiger partial charge on any atom is 0.231 e. The summed E-state index contributed by atoms with van der Waals surface area (Å²) >= 11 is 3.52. The summed E-state index contributed by atoms with van der Waals surface area (Å²) in [5.41, 5.74) is 4.80. The molecule has 27 heavy (non-hydrogen) atoms. The van der Waals surface area contributed by atoms with Crippen LogP contribution in [-0.2, 0) is 0 Å². The number of para-hydroxylation sites is 3. The summed E-state index contributed by atoms with van der Waals surface area (Å²) in [6.45, 7) is 0. The second-order valence-electron chi connectivity index (χ2n) is 6.62. The van der Waals surface area contributed by atoms with Crippen molar-refractivity contribution in [3.8, 4) is 5.75 Å². The molecule has 1 aromatic heterocycles. The van der Waals surface area contributed by atoms with Crippen LogP contribution in [0.1, 0.15) is 23.6 Å². The maximum absolute atomic E-state index is 10.3. The average Bonchev–Trinajstić information content (AvgIpc) is 3.07. The molecule has 0 unspecified atom stereocenters. The third-order valence-corrected chi connectivity index (χ3v) is 5.51. The molecular formula is C22H16BrN3O. The summed E-state index contributed by atoms with van der Waals surface area (Å²) in [6.07, 6.45) is 0.687. The first-order valence-corrected chi connectivity index (χ1v) is 9.58. The third kappa shape index (κ3) is 2.75. The predicted molar refractivity (Wildman–Crippen MR) is 111 cm³/mol.